The highest BCUT2D eigenvalue weighted by molar-refractivity contribution is 6.89. The van der Waals surface area contributed by atoms with E-state index in [4.69, 9.17) is 19.8 Å². The maximum atomic E-state index is 6.41. The normalized spacial score (nSPS) is 14.5. The molecule has 0 atom stereocenters. The Kier molecular flexibility index (Phi) is 6.66. The van der Waals surface area contributed by atoms with Crippen molar-refractivity contribution >= 4 is 36.8 Å². The summed E-state index contributed by atoms with van der Waals surface area (Å²) < 4.78 is 12.7. The van der Waals surface area contributed by atoms with Crippen molar-refractivity contribution in [3.05, 3.63) is 0 Å². The van der Waals surface area contributed by atoms with Crippen molar-refractivity contribution in [1.29, 1.82) is 0 Å². The minimum Gasteiger partial charge on any atom is -0.436 e. The highest BCUT2D eigenvalue weighted by Crippen LogP contribution is 2.25. The standard InChI is InChI=1S/C11H29ClO2Si3/c1-11(2)9-15(3,4)13-17(7,8)14-16(5,6)10-12/h11H,9-10H2,1-8H3. The number of alkyl halides is 1. The van der Waals surface area contributed by atoms with Gasteiger partial charge in [-0.3, -0.25) is 0 Å². The summed E-state index contributed by atoms with van der Waals surface area (Å²) in [5, 5.41) is 0. The van der Waals surface area contributed by atoms with Crippen molar-refractivity contribution < 1.29 is 8.23 Å². The fourth-order valence-electron chi connectivity index (χ4n) is 2.40. The number of hydrogen-bond acceptors (Lipinski definition) is 2. The third-order valence-electron chi connectivity index (χ3n) is 2.27. The lowest BCUT2D eigenvalue weighted by atomic mass is 10.3. The van der Waals surface area contributed by atoms with E-state index in [-0.39, 0.29) is 0 Å². The van der Waals surface area contributed by atoms with Crippen LogP contribution in [0.4, 0.5) is 0 Å². The van der Waals surface area contributed by atoms with Crippen LogP contribution in [0.5, 0.6) is 0 Å². The van der Waals surface area contributed by atoms with Gasteiger partial charge >= 0.3 is 8.56 Å². The molecule has 0 N–H and O–H groups in total. The first-order valence-corrected chi connectivity index (χ1v) is 15.9. The van der Waals surface area contributed by atoms with Crippen molar-refractivity contribution in [3.63, 3.8) is 0 Å². The van der Waals surface area contributed by atoms with Gasteiger partial charge in [-0.2, -0.15) is 0 Å². The summed E-state index contributed by atoms with van der Waals surface area (Å²) in [5.41, 5.74) is 0.638. The molecular weight excluding hydrogens is 284 g/mol. The molecule has 6 heteroatoms. The lowest BCUT2D eigenvalue weighted by Gasteiger charge is -2.38. The van der Waals surface area contributed by atoms with Crippen molar-refractivity contribution in [1.82, 2.24) is 0 Å². The third kappa shape index (κ3) is 8.56. The molecule has 17 heavy (non-hydrogen) atoms. The zero-order valence-electron chi connectivity index (χ0n) is 12.7. The van der Waals surface area contributed by atoms with E-state index in [1.165, 1.54) is 6.04 Å². The molecule has 0 aromatic rings. The summed E-state index contributed by atoms with van der Waals surface area (Å²) in [6.45, 7) is 17.7. The van der Waals surface area contributed by atoms with Crippen LogP contribution in [0, 0.1) is 5.92 Å². The number of hydrogen-bond donors (Lipinski definition) is 0. The van der Waals surface area contributed by atoms with Crippen molar-refractivity contribution in [2.45, 2.75) is 59.2 Å². The van der Waals surface area contributed by atoms with Crippen LogP contribution in [0.15, 0.2) is 0 Å². The van der Waals surface area contributed by atoms with Crippen LogP contribution in [0.3, 0.4) is 0 Å². The lowest BCUT2D eigenvalue weighted by Crippen LogP contribution is -2.53. The fraction of sp³-hybridized carbons (Fsp3) is 1.00. The van der Waals surface area contributed by atoms with Gasteiger partial charge in [0.05, 0.1) is 0 Å². The van der Waals surface area contributed by atoms with Crippen molar-refractivity contribution in [2.75, 3.05) is 5.50 Å². The van der Waals surface area contributed by atoms with E-state index >= 15 is 0 Å². The molecule has 0 saturated heterocycles. The van der Waals surface area contributed by atoms with Crippen LogP contribution in [0.25, 0.3) is 0 Å². The minimum absolute atomic E-state index is 0.638. The molecule has 0 saturated carbocycles. The van der Waals surface area contributed by atoms with E-state index < -0.39 is 25.2 Å². The lowest BCUT2D eigenvalue weighted by molar-refractivity contribution is 0.387. The van der Waals surface area contributed by atoms with E-state index in [1.807, 2.05) is 0 Å². The Balaban J connectivity index is 4.53. The van der Waals surface area contributed by atoms with E-state index in [0.717, 1.165) is 0 Å². The average molecular weight is 313 g/mol. The summed E-state index contributed by atoms with van der Waals surface area (Å²) in [4.78, 5) is 0. The molecule has 0 spiro atoms. The monoisotopic (exact) mass is 312 g/mol. The van der Waals surface area contributed by atoms with Gasteiger partial charge in [-0.25, -0.2) is 0 Å². The van der Waals surface area contributed by atoms with Crippen LogP contribution in [0.2, 0.25) is 45.3 Å². The molecule has 0 rings (SSSR count). The Hall–Kier alpha value is 0.861. The molecular formula is C11H29ClO2Si3. The SMILES string of the molecule is CC(C)C[Si](C)(C)O[Si](C)(C)O[Si](C)(C)CCl. The zero-order chi connectivity index (χ0) is 13.9. The summed E-state index contributed by atoms with van der Waals surface area (Å²) >= 11 is 5.97. The predicted molar refractivity (Wildman–Crippen MR) is 85.0 cm³/mol. The molecule has 0 amide bonds. The fourth-order valence-corrected chi connectivity index (χ4v) is 16.6. The van der Waals surface area contributed by atoms with Gasteiger partial charge in [0.1, 0.15) is 0 Å². The summed E-state index contributed by atoms with van der Waals surface area (Å²) in [6, 6.07) is 1.19. The minimum atomic E-state index is -2.02. The highest BCUT2D eigenvalue weighted by Gasteiger charge is 2.39. The first-order valence-electron chi connectivity index (χ1n) is 6.35. The molecule has 0 aromatic heterocycles. The second-order valence-electron chi connectivity index (χ2n) is 6.85. The Morgan fingerprint density at radius 1 is 0.882 bits per heavy atom. The second kappa shape index (κ2) is 6.34. The second-order valence-corrected chi connectivity index (χ2v) is 19.8. The Morgan fingerprint density at radius 2 is 1.29 bits per heavy atom. The van der Waals surface area contributed by atoms with Gasteiger partial charge in [0, 0.05) is 5.50 Å². The van der Waals surface area contributed by atoms with Gasteiger partial charge in [-0.1, -0.05) is 13.8 Å². The number of halogens is 1. The smallest absolute Gasteiger partial charge is 0.311 e. The van der Waals surface area contributed by atoms with Crippen LogP contribution < -0.4 is 0 Å². The highest BCUT2D eigenvalue weighted by atomic mass is 35.5. The molecule has 0 fully saturated rings. The molecule has 0 radical (unpaired) electrons. The van der Waals surface area contributed by atoms with Crippen LogP contribution >= 0.6 is 11.6 Å². The molecule has 0 aliphatic heterocycles. The molecule has 0 aliphatic carbocycles. The topological polar surface area (TPSA) is 18.5 Å². The van der Waals surface area contributed by atoms with Crippen molar-refractivity contribution in [2.24, 2.45) is 5.92 Å². The van der Waals surface area contributed by atoms with Gasteiger partial charge in [0.2, 0.25) is 0 Å². The maximum absolute atomic E-state index is 6.41. The summed E-state index contributed by atoms with van der Waals surface area (Å²) in [6.07, 6.45) is 0. The van der Waals surface area contributed by atoms with Gasteiger partial charge in [0.25, 0.3) is 0 Å². The molecule has 0 bridgehead atoms. The average Bonchev–Trinajstić information content (AvgIpc) is 1.96. The van der Waals surface area contributed by atoms with Crippen LogP contribution in [0.1, 0.15) is 13.8 Å². The van der Waals surface area contributed by atoms with Crippen LogP contribution in [-0.2, 0) is 8.23 Å². The van der Waals surface area contributed by atoms with Crippen LogP contribution in [-0.4, -0.2) is 30.7 Å². The zero-order valence-corrected chi connectivity index (χ0v) is 16.4. The van der Waals surface area contributed by atoms with Gasteiger partial charge in [-0.05, 0) is 51.2 Å². The number of rotatable bonds is 7. The first kappa shape index (κ1) is 17.9. The molecule has 0 aromatic carbocycles. The first-order chi connectivity index (χ1) is 7.39. The third-order valence-corrected chi connectivity index (χ3v) is 15.0. The van der Waals surface area contributed by atoms with E-state index in [9.17, 15) is 0 Å². The predicted octanol–water partition coefficient (Wildman–Crippen LogP) is 4.57. The van der Waals surface area contributed by atoms with Crippen molar-refractivity contribution in [3.8, 4) is 0 Å². The Morgan fingerprint density at radius 3 is 1.65 bits per heavy atom. The maximum Gasteiger partial charge on any atom is 0.311 e. The summed E-state index contributed by atoms with van der Waals surface area (Å²) in [5.74, 6) is 0.694. The molecule has 104 valence electrons. The van der Waals surface area contributed by atoms with Gasteiger partial charge in [0.15, 0.2) is 16.6 Å². The molecule has 0 unspecified atom stereocenters. The Labute approximate surface area is 116 Å². The van der Waals surface area contributed by atoms with E-state index in [0.29, 0.717) is 11.4 Å². The molecule has 0 heterocycles. The van der Waals surface area contributed by atoms with Gasteiger partial charge in [-0.15, -0.1) is 11.6 Å². The molecule has 0 aliphatic rings. The van der Waals surface area contributed by atoms with Gasteiger partial charge < -0.3 is 8.23 Å². The van der Waals surface area contributed by atoms with E-state index in [2.05, 4.69) is 53.1 Å². The summed E-state index contributed by atoms with van der Waals surface area (Å²) in [7, 11) is -5.35. The largest absolute Gasteiger partial charge is 0.436 e. The Bertz CT molecular complexity index is 243. The van der Waals surface area contributed by atoms with E-state index in [1.54, 1.807) is 0 Å². The quantitative estimate of drug-likeness (QED) is 0.506. The molecule has 2 nitrogen and oxygen atoms in total.